The van der Waals surface area contributed by atoms with E-state index in [9.17, 15) is 4.79 Å². The van der Waals surface area contributed by atoms with E-state index in [2.05, 4.69) is 28.6 Å². The van der Waals surface area contributed by atoms with Crippen LogP contribution >= 0.6 is 25.0 Å². The maximum absolute atomic E-state index is 10.3. The molecule has 49 valence electrons. The van der Waals surface area contributed by atoms with Crippen LogP contribution in [0, 0.1) is 0 Å². The fourth-order valence-electron chi connectivity index (χ4n) is 0.0745. The van der Waals surface area contributed by atoms with Crippen molar-refractivity contribution in [2.75, 3.05) is 5.75 Å². The molecule has 0 aliphatic rings. The van der Waals surface area contributed by atoms with E-state index in [0.717, 1.165) is 0 Å². The van der Waals surface area contributed by atoms with Crippen molar-refractivity contribution in [1.82, 2.24) is 0 Å². The maximum atomic E-state index is 10.3. The zero-order chi connectivity index (χ0) is 6.57. The summed E-state index contributed by atoms with van der Waals surface area (Å²) in [6, 6.07) is -0.460. The second-order valence-corrected chi connectivity index (χ2v) is 2.26. The molecular weight excluding hydrogens is 213 g/mol. The van der Waals surface area contributed by atoms with Gasteiger partial charge in [0.1, 0.15) is 0 Å². The minimum absolute atomic E-state index is 0. The summed E-state index contributed by atoms with van der Waals surface area (Å²) in [4.78, 5) is 10.3. The normalized spacial score (nSPS) is 13.4. The van der Waals surface area contributed by atoms with Gasteiger partial charge < -0.3 is 0 Å². The van der Waals surface area contributed by atoms with Crippen LogP contribution in [0.5, 0.6) is 0 Å². The molecule has 0 aliphatic carbocycles. The molecule has 0 bridgehead atoms. The van der Waals surface area contributed by atoms with Crippen molar-refractivity contribution in [2.24, 2.45) is 5.73 Å². The second-order valence-electron chi connectivity index (χ2n) is 1.05. The molecule has 0 amide bonds. The Morgan fingerprint density at radius 2 is 2.62 bits per heavy atom. The van der Waals surface area contributed by atoms with Crippen molar-refractivity contribution in [3.8, 4) is 0 Å². The van der Waals surface area contributed by atoms with Gasteiger partial charge in [0.15, 0.2) is 0 Å². The van der Waals surface area contributed by atoms with Crippen molar-refractivity contribution >= 4 is 45.7 Å². The summed E-state index contributed by atoms with van der Waals surface area (Å²) in [7, 11) is 0. The van der Waals surface area contributed by atoms with Gasteiger partial charge in [0, 0.05) is 0 Å². The van der Waals surface area contributed by atoms with E-state index in [0.29, 0.717) is 5.75 Å². The van der Waals surface area contributed by atoms with Crippen LogP contribution < -0.4 is 5.73 Å². The van der Waals surface area contributed by atoms with Gasteiger partial charge in [0.05, 0.1) is 0 Å². The Hall–Kier alpha value is 0.789. The zero-order valence-corrected chi connectivity index (χ0v) is 7.38. The number of hydrogen-bond acceptors (Lipinski definition) is 3. The molecule has 8 heavy (non-hydrogen) atoms. The van der Waals surface area contributed by atoms with E-state index < -0.39 is 6.04 Å². The molecular formula is C3H7ClNOSSe. The Balaban J connectivity index is 0. The van der Waals surface area contributed by atoms with Crippen molar-refractivity contribution < 1.29 is 6.21 Å². The quantitative estimate of drug-likeness (QED) is 0.491. The van der Waals surface area contributed by atoms with Gasteiger partial charge in [-0.15, -0.1) is 12.4 Å². The van der Waals surface area contributed by atoms with E-state index in [1.807, 2.05) is 5.73 Å². The van der Waals surface area contributed by atoms with Crippen molar-refractivity contribution in [2.45, 2.75) is 6.04 Å². The predicted molar refractivity (Wildman–Crippen MR) is 39.8 cm³/mol. The molecule has 0 rings (SSSR count). The van der Waals surface area contributed by atoms with E-state index in [-0.39, 0.29) is 17.1 Å². The third-order valence-corrected chi connectivity index (χ3v) is 1.43. The molecule has 0 saturated heterocycles. The fourth-order valence-corrected chi connectivity index (χ4v) is 0.693. The van der Waals surface area contributed by atoms with Crippen molar-refractivity contribution in [1.29, 1.82) is 0 Å². The summed E-state index contributed by atoms with van der Waals surface area (Å²) in [6.07, 6.45) is 0. The van der Waals surface area contributed by atoms with E-state index in [1.165, 1.54) is 0 Å². The first-order valence-corrected chi connectivity index (χ1v) is 3.20. The van der Waals surface area contributed by atoms with Gasteiger partial charge in [-0.05, 0) is 0 Å². The third-order valence-electron chi connectivity index (χ3n) is 0.467. The summed E-state index contributed by atoms with van der Waals surface area (Å²) < 4.78 is 6.38. The van der Waals surface area contributed by atoms with Crippen LogP contribution in [0.1, 0.15) is 0 Å². The molecule has 0 saturated carbocycles. The standard InChI is InChI=1S/C3H6NOSSe.ClH/c4-2(1-6)3(5)7;/h2,6H,1,4H2;1H/t2-;/m0./s1/i/hD. The monoisotopic (exact) mass is 221 g/mol. The fraction of sp³-hybridized carbons (Fsp3) is 0.667. The Morgan fingerprint density at radius 3 is 2.62 bits per heavy atom. The first-order chi connectivity index (χ1) is 3.72. The number of nitrogens with two attached hydrogens (primary N) is 1. The van der Waals surface area contributed by atoms with Gasteiger partial charge in [0.2, 0.25) is 0 Å². The number of hydrogen-bond donors (Lipinski definition) is 2. The molecule has 0 aromatic heterocycles. The Morgan fingerprint density at radius 1 is 2.12 bits per heavy atom. The number of carbonyl (C=O) groups excluding carboxylic acids is 1. The van der Waals surface area contributed by atoms with Crippen molar-refractivity contribution in [3.05, 3.63) is 0 Å². The molecule has 1 radical (unpaired) electrons. The van der Waals surface area contributed by atoms with E-state index >= 15 is 0 Å². The van der Waals surface area contributed by atoms with Gasteiger partial charge in [-0.25, -0.2) is 0 Å². The summed E-state index contributed by atoms with van der Waals surface area (Å²) in [6.45, 7) is 0. The molecule has 0 spiro atoms. The molecule has 0 heterocycles. The van der Waals surface area contributed by atoms with Gasteiger partial charge >= 0.3 is 57.1 Å². The molecule has 0 aliphatic heterocycles. The predicted octanol–water partition coefficient (Wildman–Crippen LogP) is -0.640. The SMILES string of the molecule is Cl.[2H]N[C@@H](CS)C(=O)[Se]. The van der Waals surface area contributed by atoms with Gasteiger partial charge in [0.25, 0.3) is 0 Å². The Kier molecular flexibility index (Phi) is 6.50. The summed E-state index contributed by atoms with van der Waals surface area (Å²) in [5.41, 5.74) is 2.04. The first kappa shape index (κ1) is 8.79. The second kappa shape index (κ2) is 5.92. The average Bonchev–Trinajstić information content (AvgIpc) is 1.69. The number of rotatable bonds is 3. The molecule has 2 nitrogen and oxygen atoms in total. The summed E-state index contributed by atoms with van der Waals surface area (Å²) >= 11 is 6.08. The molecule has 1 atom stereocenters. The first-order valence-electron chi connectivity index (χ1n) is 2.21. The Labute approximate surface area is 69.7 Å². The van der Waals surface area contributed by atoms with Crippen LogP contribution in [-0.2, 0) is 4.79 Å². The van der Waals surface area contributed by atoms with E-state index in [1.54, 1.807) is 0 Å². The summed E-state index contributed by atoms with van der Waals surface area (Å²) in [5.74, 6) is 0.356. The van der Waals surface area contributed by atoms with Crippen LogP contribution in [0.2, 0.25) is 1.41 Å². The number of carbonyl (C=O) groups is 1. The zero-order valence-electron chi connectivity index (χ0n) is 4.96. The van der Waals surface area contributed by atoms with Crippen LogP contribution in [-0.4, -0.2) is 32.5 Å². The number of thiol groups is 1. The van der Waals surface area contributed by atoms with Gasteiger partial charge in [-0.3, -0.25) is 0 Å². The number of halogens is 1. The minimum atomic E-state index is -0.460. The summed E-state index contributed by atoms with van der Waals surface area (Å²) in [5, 5.41) is 0. The van der Waals surface area contributed by atoms with Gasteiger partial charge in [-0.2, -0.15) is 0 Å². The van der Waals surface area contributed by atoms with Crippen molar-refractivity contribution in [3.63, 3.8) is 0 Å². The van der Waals surface area contributed by atoms with Gasteiger partial charge in [-0.1, -0.05) is 0 Å². The van der Waals surface area contributed by atoms with E-state index in [4.69, 9.17) is 1.41 Å². The molecule has 2 N–H and O–H groups in total. The van der Waals surface area contributed by atoms with Crippen LogP contribution in [0.25, 0.3) is 0 Å². The van der Waals surface area contributed by atoms with Crippen LogP contribution in [0.3, 0.4) is 0 Å². The van der Waals surface area contributed by atoms with Crippen LogP contribution in [0.15, 0.2) is 0 Å². The third kappa shape index (κ3) is 4.94. The Bertz CT molecular complexity index is 91.9. The average molecular weight is 221 g/mol. The van der Waals surface area contributed by atoms with Crippen LogP contribution in [0.4, 0.5) is 0 Å². The molecule has 0 aromatic carbocycles. The molecule has 0 fully saturated rings. The molecule has 5 heteroatoms. The molecule has 0 unspecified atom stereocenters. The molecule has 0 aromatic rings. The topological polar surface area (TPSA) is 43.1 Å².